The zero-order chi connectivity index (χ0) is 12.9. The van der Waals surface area contributed by atoms with Crippen molar-refractivity contribution in [2.45, 2.75) is 19.5 Å². The van der Waals surface area contributed by atoms with Gasteiger partial charge in [0.2, 0.25) is 11.8 Å². The van der Waals surface area contributed by atoms with Crippen LogP contribution in [0.1, 0.15) is 13.3 Å². The molecule has 0 bridgehead atoms. The van der Waals surface area contributed by atoms with Gasteiger partial charge in [0.15, 0.2) is 6.61 Å². The SMILES string of the molecule is CCCNc1ncc(Br)c(OCC(F)(F)F)n1. The van der Waals surface area contributed by atoms with Crippen LogP contribution in [0, 0.1) is 0 Å². The molecule has 8 heteroatoms. The van der Waals surface area contributed by atoms with Crippen LogP contribution in [-0.2, 0) is 0 Å². The van der Waals surface area contributed by atoms with Crippen LogP contribution in [0.4, 0.5) is 19.1 Å². The van der Waals surface area contributed by atoms with Crippen LogP contribution in [-0.4, -0.2) is 29.3 Å². The highest BCUT2D eigenvalue weighted by molar-refractivity contribution is 9.10. The van der Waals surface area contributed by atoms with Crippen molar-refractivity contribution in [3.05, 3.63) is 10.7 Å². The molecule has 0 fully saturated rings. The smallest absolute Gasteiger partial charge is 0.422 e. The second kappa shape index (κ2) is 6.04. The average Bonchev–Trinajstić information content (AvgIpc) is 2.25. The molecule has 0 radical (unpaired) electrons. The number of ether oxygens (including phenoxy) is 1. The maximum absolute atomic E-state index is 12.0. The third-order valence-corrected chi connectivity index (χ3v) is 2.16. The molecule has 1 heterocycles. The predicted octanol–water partition coefficient (Wildman–Crippen LogP) is 3.00. The summed E-state index contributed by atoms with van der Waals surface area (Å²) in [7, 11) is 0. The van der Waals surface area contributed by atoms with E-state index in [1.807, 2.05) is 6.92 Å². The van der Waals surface area contributed by atoms with Gasteiger partial charge in [-0.05, 0) is 22.4 Å². The zero-order valence-corrected chi connectivity index (χ0v) is 10.6. The summed E-state index contributed by atoms with van der Waals surface area (Å²) < 4.78 is 40.8. The van der Waals surface area contributed by atoms with Gasteiger partial charge in [0.05, 0.1) is 10.7 Å². The van der Waals surface area contributed by atoms with Gasteiger partial charge in [-0.2, -0.15) is 18.2 Å². The molecule has 0 aliphatic carbocycles. The number of hydrogen-bond donors (Lipinski definition) is 1. The Bertz CT molecular complexity index is 373. The van der Waals surface area contributed by atoms with Gasteiger partial charge in [0, 0.05) is 6.54 Å². The highest BCUT2D eigenvalue weighted by Gasteiger charge is 2.29. The van der Waals surface area contributed by atoms with Crippen molar-refractivity contribution < 1.29 is 17.9 Å². The maximum Gasteiger partial charge on any atom is 0.422 e. The number of hydrogen-bond acceptors (Lipinski definition) is 4. The summed E-state index contributed by atoms with van der Waals surface area (Å²) >= 11 is 3.02. The molecule has 1 aromatic heterocycles. The number of halogens is 4. The summed E-state index contributed by atoms with van der Waals surface area (Å²) in [4.78, 5) is 7.71. The molecule has 4 nitrogen and oxygen atoms in total. The van der Waals surface area contributed by atoms with Crippen LogP contribution in [0.25, 0.3) is 0 Å². The fourth-order valence-corrected chi connectivity index (χ4v) is 1.23. The van der Waals surface area contributed by atoms with Gasteiger partial charge in [0.1, 0.15) is 0 Å². The maximum atomic E-state index is 12.0. The van der Waals surface area contributed by atoms with Gasteiger partial charge in [-0.25, -0.2) is 4.98 Å². The predicted molar refractivity (Wildman–Crippen MR) is 60.1 cm³/mol. The van der Waals surface area contributed by atoms with Crippen molar-refractivity contribution in [1.29, 1.82) is 0 Å². The minimum Gasteiger partial charge on any atom is -0.467 e. The highest BCUT2D eigenvalue weighted by atomic mass is 79.9. The van der Waals surface area contributed by atoms with E-state index in [2.05, 4.69) is 36.0 Å². The Balaban J connectivity index is 2.69. The molecule has 0 aliphatic heterocycles. The van der Waals surface area contributed by atoms with E-state index < -0.39 is 12.8 Å². The number of anilines is 1. The quantitative estimate of drug-likeness (QED) is 0.907. The number of aromatic nitrogens is 2. The Morgan fingerprint density at radius 1 is 1.47 bits per heavy atom. The standard InChI is InChI=1S/C9H11BrF3N3O/c1-2-3-14-8-15-4-6(10)7(16-8)17-5-9(11,12)13/h4H,2-3,5H2,1H3,(H,14,15,16). The van der Waals surface area contributed by atoms with Crippen molar-refractivity contribution in [1.82, 2.24) is 9.97 Å². The normalized spacial score (nSPS) is 11.4. The van der Waals surface area contributed by atoms with Crippen molar-refractivity contribution in [3.8, 4) is 5.88 Å². The van der Waals surface area contributed by atoms with Gasteiger partial charge < -0.3 is 10.1 Å². The molecule has 0 atom stereocenters. The fraction of sp³-hybridized carbons (Fsp3) is 0.556. The van der Waals surface area contributed by atoms with Crippen LogP contribution < -0.4 is 10.1 Å². The monoisotopic (exact) mass is 313 g/mol. The summed E-state index contributed by atoms with van der Waals surface area (Å²) in [5.41, 5.74) is 0. The van der Waals surface area contributed by atoms with Crippen LogP contribution in [0.2, 0.25) is 0 Å². The van der Waals surface area contributed by atoms with E-state index >= 15 is 0 Å². The Labute approximate surface area is 105 Å². The first-order valence-electron chi connectivity index (χ1n) is 4.88. The van der Waals surface area contributed by atoms with Crippen molar-refractivity contribution in [3.63, 3.8) is 0 Å². The molecule has 1 aromatic rings. The van der Waals surface area contributed by atoms with Gasteiger partial charge in [-0.1, -0.05) is 6.92 Å². The lowest BCUT2D eigenvalue weighted by Crippen LogP contribution is -2.20. The van der Waals surface area contributed by atoms with Gasteiger partial charge in [-0.15, -0.1) is 0 Å². The minimum atomic E-state index is -4.39. The summed E-state index contributed by atoms with van der Waals surface area (Å²) in [5.74, 6) is 0.114. The molecule has 0 aliphatic rings. The number of rotatable bonds is 5. The third-order valence-electron chi connectivity index (χ3n) is 1.62. The van der Waals surface area contributed by atoms with Gasteiger partial charge in [-0.3, -0.25) is 0 Å². The molecule has 17 heavy (non-hydrogen) atoms. The van der Waals surface area contributed by atoms with Gasteiger partial charge in [0.25, 0.3) is 0 Å². The Morgan fingerprint density at radius 3 is 2.76 bits per heavy atom. The van der Waals surface area contributed by atoms with E-state index in [9.17, 15) is 13.2 Å². The van der Waals surface area contributed by atoms with Crippen LogP contribution in [0.5, 0.6) is 5.88 Å². The Morgan fingerprint density at radius 2 is 2.18 bits per heavy atom. The van der Waals surface area contributed by atoms with Crippen LogP contribution in [0.15, 0.2) is 10.7 Å². The first-order valence-corrected chi connectivity index (χ1v) is 5.67. The molecule has 0 aromatic carbocycles. The summed E-state index contributed by atoms with van der Waals surface area (Å²) in [5, 5.41) is 2.85. The molecular formula is C9H11BrF3N3O. The van der Waals surface area contributed by atoms with Crippen molar-refractivity contribution in [2.24, 2.45) is 0 Å². The number of nitrogens with zero attached hydrogens (tertiary/aromatic N) is 2. The van der Waals surface area contributed by atoms with Crippen LogP contribution in [0.3, 0.4) is 0 Å². The van der Waals surface area contributed by atoms with Crippen molar-refractivity contribution in [2.75, 3.05) is 18.5 Å². The number of nitrogens with one attached hydrogen (secondary N) is 1. The summed E-state index contributed by atoms with van der Waals surface area (Å²) in [6.07, 6.45) is -2.18. The van der Waals surface area contributed by atoms with Gasteiger partial charge >= 0.3 is 6.18 Å². The number of alkyl halides is 3. The second-order valence-electron chi connectivity index (χ2n) is 3.18. The first-order chi connectivity index (χ1) is 7.92. The molecule has 96 valence electrons. The minimum absolute atomic E-state index is 0.129. The largest absolute Gasteiger partial charge is 0.467 e. The molecule has 0 saturated heterocycles. The van der Waals surface area contributed by atoms with E-state index in [4.69, 9.17) is 0 Å². The second-order valence-corrected chi connectivity index (χ2v) is 4.03. The third kappa shape index (κ3) is 5.20. The zero-order valence-electron chi connectivity index (χ0n) is 9.01. The van der Waals surface area contributed by atoms with Crippen LogP contribution >= 0.6 is 15.9 Å². The lowest BCUT2D eigenvalue weighted by molar-refractivity contribution is -0.154. The molecule has 0 amide bonds. The molecule has 1 rings (SSSR count). The lowest BCUT2D eigenvalue weighted by atomic mass is 10.5. The summed E-state index contributed by atoms with van der Waals surface area (Å²) in [6, 6.07) is 0. The Kier molecular flexibility index (Phi) is 4.98. The molecular weight excluding hydrogens is 303 g/mol. The first kappa shape index (κ1) is 14.0. The van der Waals surface area contributed by atoms with E-state index in [-0.39, 0.29) is 16.3 Å². The fourth-order valence-electron chi connectivity index (χ4n) is 0.925. The van der Waals surface area contributed by atoms with E-state index in [1.165, 1.54) is 6.20 Å². The van der Waals surface area contributed by atoms with E-state index in [0.717, 1.165) is 6.42 Å². The Hall–Kier alpha value is -1.05. The molecule has 1 N–H and O–H groups in total. The van der Waals surface area contributed by atoms with E-state index in [0.29, 0.717) is 6.54 Å². The average molecular weight is 314 g/mol. The van der Waals surface area contributed by atoms with E-state index in [1.54, 1.807) is 0 Å². The van der Waals surface area contributed by atoms with Crippen molar-refractivity contribution >= 4 is 21.9 Å². The summed E-state index contributed by atoms with van der Waals surface area (Å²) in [6.45, 7) is 1.21. The molecule has 0 unspecified atom stereocenters. The molecule has 0 spiro atoms. The topological polar surface area (TPSA) is 47.0 Å². The lowest BCUT2D eigenvalue weighted by Gasteiger charge is -2.10. The molecule has 0 saturated carbocycles. The highest BCUT2D eigenvalue weighted by Crippen LogP contribution is 2.24.